The average Bonchev–Trinajstić information content (AvgIpc) is 2.77. The monoisotopic (exact) mass is 361 g/mol. The zero-order chi connectivity index (χ0) is 12.5. The summed E-state index contributed by atoms with van der Waals surface area (Å²) in [7, 11) is -3.49. The maximum absolute atomic E-state index is 12.4. The quantitative estimate of drug-likeness (QED) is 0.823. The van der Waals surface area contributed by atoms with Crippen LogP contribution < -0.4 is 0 Å². The van der Waals surface area contributed by atoms with Crippen molar-refractivity contribution in [3.05, 3.63) is 18.2 Å². The maximum atomic E-state index is 12.4. The Hall–Kier alpha value is -0.730. The summed E-state index contributed by atoms with van der Waals surface area (Å²) >= 11 is 0. The van der Waals surface area contributed by atoms with Crippen LogP contribution >= 0.6 is 0 Å². The molecule has 0 amide bonds. The number of nitrogens with zero attached hydrogens (tertiary/aromatic N) is 3. The van der Waals surface area contributed by atoms with Gasteiger partial charge in [-0.1, -0.05) is 19.9 Å². The molecule has 103 valence electrons. The van der Waals surface area contributed by atoms with Crippen LogP contribution in [0.3, 0.4) is 0 Å². The van der Waals surface area contributed by atoms with Gasteiger partial charge in [0.2, 0.25) is 10.0 Å². The van der Waals surface area contributed by atoms with Gasteiger partial charge >= 0.3 is 0 Å². The third-order valence-electron chi connectivity index (χ3n) is 2.63. The maximum Gasteiger partial charge on any atom is 0.245 e. The number of benzene rings is 1. The molecule has 8 heteroatoms. The summed E-state index contributed by atoms with van der Waals surface area (Å²) in [4.78, 5) is 0.201. The zero-order valence-corrected chi connectivity index (χ0v) is 12.3. The molecule has 0 atom stereocenters. The van der Waals surface area contributed by atoms with Gasteiger partial charge in [-0.3, -0.25) is 0 Å². The normalized spacial score (nSPS) is 11.7. The van der Waals surface area contributed by atoms with E-state index >= 15 is 0 Å². The molecular formula is C10H14AgN4O2S. The largest absolute Gasteiger partial charge is 0.245 e. The first kappa shape index (κ1) is 15.3. The Kier molecular flexibility index (Phi) is 5.06. The van der Waals surface area contributed by atoms with Crippen LogP contribution in [0.4, 0.5) is 0 Å². The molecule has 1 aromatic carbocycles. The number of aromatic nitrogens is 3. The number of sulfonamides is 1. The fraction of sp³-hybridized carbons (Fsp3) is 0.400. The van der Waals surface area contributed by atoms with Crippen molar-refractivity contribution < 1.29 is 30.8 Å². The Bertz CT molecular complexity index is 622. The van der Waals surface area contributed by atoms with Crippen LogP contribution in [0, 0.1) is 0 Å². The van der Waals surface area contributed by atoms with Gasteiger partial charge in [0.25, 0.3) is 0 Å². The van der Waals surface area contributed by atoms with Crippen molar-refractivity contribution in [1.29, 1.82) is 0 Å². The molecule has 18 heavy (non-hydrogen) atoms. The Morgan fingerprint density at radius 3 is 2.50 bits per heavy atom. The molecule has 0 aliphatic rings. The molecule has 0 saturated heterocycles. The second-order valence-corrected chi connectivity index (χ2v) is 5.44. The van der Waals surface area contributed by atoms with Gasteiger partial charge in [-0.2, -0.15) is 19.7 Å². The Labute approximate surface area is 121 Å². The Morgan fingerprint density at radius 2 is 1.89 bits per heavy atom. The molecule has 1 radical (unpaired) electrons. The number of fused-ring (bicyclic) bond motifs is 1. The SMILES string of the molecule is CCN(CC)S(=O)(=O)c1cccc2n[nH]nc12.[Ag]. The van der Waals surface area contributed by atoms with Crippen LogP contribution in [0.1, 0.15) is 13.8 Å². The van der Waals surface area contributed by atoms with Gasteiger partial charge in [-0.15, -0.1) is 0 Å². The van der Waals surface area contributed by atoms with E-state index < -0.39 is 10.0 Å². The number of aromatic amines is 1. The molecule has 0 aliphatic heterocycles. The summed E-state index contributed by atoms with van der Waals surface area (Å²) in [5, 5.41) is 10.2. The first-order chi connectivity index (χ1) is 8.11. The van der Waals surface area contributed by atoms with Crippen LogP contribution in [-0.4, -0.2) is 41.2 Å². The number of hydrogen-bond donors (Lipinski definition) is 1. The zero-order valence-electron chi connectivity index (χ0n) is 10.0. The molecule has 0 aliphatic carbocycles. The van der Waals surface area contributed by atoms with Crippen molar-refractivity contribution in [2.24, 2.45) is 0 Å². The van der Waals surface area contributed by atoms with Gasteiger partial charge in [0.05, 0.1) is 0 Å². The van der Waals surface area contributed by atoms with E-state index in [4.69, 9.17) is 0 Å². The second-order valence-electron chi connectivity index (χ2n) is 3.54. The molecule has 1 N–H and O–H groups in total. The first-order valence-corrected chi connectivity index (χ1v) is 6.85. The first-order valence-electron chi connectivity index (χ1n) is 5.41. The summed E-state index contributed by atoms with van der Waals surface area (Å²) in [5.41, 5.74) is 0.942. The predicted octanol–water partition coefficient (Wildman–Crippen LogP) is 0.986. The van der Waals surface area contributed by atoms with E-state index in [1.165, 1.54) is 4.31 Å². The summed E-state index contributed by atoms with van der Waals surface area (Å²) in [6.07, 6.45) is 0. The van der Waals surface area contributed by atoms with Gasteiger partial charge in [-0.25, -0.2) is 8.42 Å². The van der Waals surface area contributed by atoms with Gasteiger partial charge in [0, 0.05) is 35.5 Å². The van der Waals surface area contributed by atoms with Gasteiger partial charge in [0.15, 0.2) is 0 Å². The van der Waals surface area contributed by atoms with Crippen LogP contribution in [0.25, 0.3) is 11.0 Å². The Balaban J connectivity index is 0.00000162. The molecule has 0 bridgehead atoms. The molecular weight excluding hydrogens is 348 g/mol. The van der Waals surface area contributed by atoms with E-state index in [0.717, 1.165) is 0 Å². The third-order valence-corrected chi connectivity index (χ3v) is 4.71. The van der Waals surface area contributed by atoms with E-state index in [-0.39, 0.29) is 27.3 Å². The van der Waals surface area contributed by atoms with Crippen LogP contribution in [0.5, 0.6) is 0 Å². The molecule has 1 heterocycles. The molecule has 0 unspecified atom stereocenters. The molecule has 0 fully saturated rings. The topological polar surface area (TPSA) is 79.0 Å². The Morgan fingerprint density at radius 1 is 1.22 bits per heavy atom. The number of nitrogens with one attached hydrogen (secondary N) is 1. The summed E-state index contributed by atoms with van der Waals surface area (Å²) in [6, 6.07) is 4.94. The summed E-state index contributed by atoms with van der Waals surface area (Å²) in [5.74, 6) is 0. The van der Waals surface area contributed by atoms with Gasteiger partial charge < -0.3 is 0 Å². The summed E-state index contributed by atoms with van der Waals surface area (Å²) < 4.78 is 26.1. The minimum absolute atomic E-state index is 0. The number of para-hydroxylation sites is 1. The van der Waals surface area contributed by atoms with Crippen LogP contribution in [0.2, 0.25) is 0 Å². The fourth-order valence-corrected chi connectivity index (χ4v) is 3.36. The molecule has 1 aromatic heterocycles. The fourth-order valence-electron chi connectivity index (χ4n) is 1.75. The van der Waals surface area contributed by atoms with Crippen molar-refractivity contribution in [3.63, 3.8) is 0 Å². The van der Waals surface area contributed by atoms with E-state index in [9.17, 15) is 8.42 Å². The van der Waals surface area contributed by atoms with E-state index in [2.05, 4.69) is 15.4 Å². The number of hydrogen-bond acceptors (Lipinski definition) is 4. The van der Waals surface area contributed by atoms with Gasteiger partial charge in [-0.05, 0) is 12.1 Å². The second kappa shape index (κ2) is 5.94. The van der Waals surface area contributed by atoms with E-state index in [0.29, 0.717) is 24.1 Å². The van der Waals surface area contributed by atoms with Crippen LogP contribution in [-0.2, 0) is 32.4 Å². The molecule has 2 rings (SSSR count). The van der Waals surface area contributed by atoms with Crippen molar-refractivity contribution in [1.82, 2.24) is 19.7 Å². The molecule has 6 nitrogen and oxygen atoms in total. The number of H-pyrrole nitrogens is 1. The minimum Gasteiger partial charge on any atom is -0.207 e. The van der Waals surface area contributed by atoms with Crippen LogP contribution in [0.15, 0.2) is 23.1 Å². The summed E-state index contributed by atoms with van der Waals surface area (Å²) in [6.45, 7) is 4.49. The predicted molar refractivity (Wildman–Crippen MR) is 64.0 cm³/mol. The smallest absolute Gasteiger partial charge is 0.207 e. The molecule has 0 saturated carbocycles. The van der Waals surface area contributed by atoms with Crippen molar-refractivity contribution in [3.8, 4) is 0 Å². The van der Waals surface area contributed by atoms with Gasteiger partial charge in [0.1, 0.15) is 15.9 Å². The van der Waals surface area contributed by atoms with Crippen molar-refractivity contribution >= 4 is 21.1 Å². The van der Waals surface area contributed by atoms with E-state index in [1.807, 2.05) is 13.8 Å². The molecule has 0 spiro atoms. The average molecular weight is 362 g/mol. The van der Waals surface area contributed by atoms with Crippen molar-refractivity contribution in [2.75, 3.05) is 13.1 Å². The van der Waals surface area contributed by atoms with Crippen molar-refractivity contribution in [2.45, 2.75) is 18.7 Å². The number of rotatable bonds is 4. The minimum atomic E-state index is -3.49. The van der Waals surface area contributed by atoms with E-state index in [1.54, 1.807) is 18.2 Å². The third kappa shape index (κ3) is 2.50. The standard InChI is InChI=1S/C10H14N4O2S.Ag/c1-3-14(4-2)17(15,16)9-7-5-6-8-10(9)12-13-11-8;/h5-7H,3-4H2,1-2H3,(H,11,12,13);. The molecule has 2 aromatic rings.